The standard InChI is InChI=1S/C8H10.C5H10.C4H8.CH4/c1-7-5-3-4-6-8(7)2;1-4-5(2)3;1-3-4-2;/h3-6H,1-2H3;4H,1-3H3;3-4H,1-2H3;1H4/b;;4-3+;. The Morgan fingerprint density at radius 1 is 0.833 bits per heavy atom. The summed E-state index contributed by atoms with van der Waals surface area (Å²) in [6, 6.07) is 8.36. The van der Waals surface area contributed by atoms with Crippen molar-refractivity contribution in [2.45, 2.75) is 55.9 Å². The zero-order chi connectivity index (χ0) is 13.7. The maximum absolute atomic E-state index is 2.12. The van der Waals surface area contributed by atoms with Crippen LogP contribution in [0.3, 0.4) is 0 Å². The Balaban J connectivity index is -0.000000198. The molecule has 0 aromatic heterocycles. The van der Waals surface area contributed by atoms with Gasteiger partial charge < -0.3 is 0 Å². The Hall–Kier alpha value is -1.30. The molecule has 0 atom stereocenters. The minimum atomic E-state index is 0. The zero-order valence-corrected chi connectivity index (χ0v) is 12.5. The minimum absolute atomic E-state index is 0. The summed E-state index contributed by atoms with van der Waals surface area (Å²) in [6.45, 7) is 14.4. The normalized spacial score (nSPS) is 8.17. The van der Waals surface area contributed by atoms with Crippen LogP contribution in [0.5, 0.6) is 0 Å². The number of hydrogen-bond acceptors (Lipinski definition) is 0. The lowest BCUT2D eigenvalue weighted by Crippen LogP contribution is -1.74. The molecule has 0 saturated carbocycles. The van der Waals surface area contributed by atoms with Crippen LogP contribution in [-0.4, -0.2) is 0 Å². The Labute approximate surface area is 115 Å². The average molecular weight is 248 g/mol. The number of aryl methyl sites for hydroxylation is 2. The molecule has 0 nitrogen and oxygen atoms in total. The zero-order valence-electron chi connectivity index (χ0n) is 12.5. The molecule has 0 aliphatic carbocycles. The smallest absolute Gasteiger partial charge is 0.0395 e. The van der Waals surface area contributed by atoms with Gasteiger partial charge in [-0.05, 0) is 59.6 Å². The summed E-state index contributed by atoms with van der Waals surface area (Å²) >= 11 is 0. The Bertz CT molecular complexity index is 301. The molecule has 0 heterocycles. The lowest BCUT2D eigenvalue weighted by molar-refractivity contribution is 1.34. The highest BCUT2D eigenvalue weighted by molar-refractivity contribution is 5.23. The van der Waals surface area contributed by atoms with Gasteiger partial charge in [0.1, 0.15) is 0 Å². The van der Waals surface area contributed by atoms with E-state index in [0.717, 1.165) is 0 Å². The summed E-state index contributed by atoms with van der Waals surface area (Å²) in [5, 5.41) is 0. The van der Waals surface area contributed by atoms with E-state index >= 15 is 0 Å². The van der Waals surface area contributed by atoms with Crippen molar-refractivity contribution in [2.24, 2.45) is 0 Å². The van der Waals surface area contributed by atoms with Crippen LogP contribution in [0, 0.1) is 13.8 Å². The van der Waals surface area contributed by atoms with Crippen LogP contribution in [-0.2, 0) is 0 Å². The van der Waals surface area contributed by atoms with Gasteiger partial charge >= 0.3 is 0 Å². The molecule has 0 bridgehead atoms. The highest BCUT2D eigenvalue weighted by atomic mass is 13.9. The quantitative estimate of drug-likeness (QED) is 0.460. The molecular weight excluding hydrogens is 216 g/mol. The Kier molecular flexibility index (Phi) is 19.1. The Morgan fingerprint density at radius 3 is 1.22 bits per heavy atom. The summed E-state index contributed by atoms with van der Waals surface area (Å²) in [6.07, 6.45) is 6.08. The van der Waals surface area contributed by atoms with Crippen molar-refractivity contribution < 1.29 is 0 Å². The summed E-state index contributed by atoms with van der Waals surface area (Å²) in [7, 11) is 0. The fourth-order valence-corrected chi connectivity index (χ4v) is 0.663. The number of benzene rings is 1. The predicted molar refractivity (Wildman–Crippen MR) is 88.2 cm³/mol. The first-order valence-corrected chi connectivity index (χ1v) is 6.18. The molecule has 0 radical (unpaired) electrons. The number of rotatable bonds is 0. The number of allylic oxidation sites excluding steroid dienone is 4. The number of hydrogen-bond donors (Lipinski definition) is 0. The molecule has 1 rings (SSSR count). The summed E-state index contributed by atoms with van der Waals surface area (Å²) < 4.78 is 0. The second kappa shape index (κ2) is 15.7. The highest BCUT2D eigenvalue weighted by Crippen LogP contribution is 2.02. The van der Waals surface area contributed by atoms with Crippen LogP contribution < -0.4 is 0 Å². The minimum Gasteiger partial charge on any atom is -0.0919 e. The van der Waals surface area contributed by atoms with Gasteiger partial charge in [-0.15, -0.1) is 0 Å². The molecule has 1 aromatic carbocycles. The van der Waals surface area contributed by atoms with Gasteiger partial charge in [0.2, 0.25) is 0 Å². The molecule has 0 amide bonds. The largest absolute Gasteiger partial charge is 0.0919 e. The van der Waals surface area contributed by atoms with Crippen molar-refractivity contribution >= 4 is 0 Å². The van der Waals surface area contributed by atoms with E-state index in [0.29, 0.717) is 0 Å². The summed E-state index contributed by atoms with van der Waals surface area (Å²) in [5.41, 5.74) is 4.12. The topological polar surface area (TPSA) is 0 Å². The maximum atomic E-state index is 2.12. The SMILES string of the molecule is C.C/C=C/C.CC=C(C)C.Cc1ccccc1C. The molecule has 0 aliphatic heterocycles. The van der Waals surface area contributed by atoms with E-state index in [-0.39, 0.29) is 7.43 Å². The van der Waals surface area contributed by atoms with E-state index in [2.05, 4.69) is 58.0 Å². The van der Waals surface area contributed by atoms with E-state index < -0.39 is 0 Å². The van der Waals surface area contributed by atoms with Crippen LogP contribution in [0.4, 0.5) is 0 Å². The third-order valence-corrected chi connectivity index (χ3v) is 2.34. The first kappa shape index (κ1) is 21.9. The fraction of sp³-hybridized carbons (Fsp3) is 0.444. The van der Waals surface area contributed by atoms with E-state index in [1.54, 1.807) is 0 Å². The van der Waals surface area contributed by atoms with Gasteiger partial charge in [0.05, 0.1) is 0 Å². The molecule has 0 unspecified atom stereocenters. The lowest BCUT2D eigenvalue weighted by Gasteiger charge is -1.93. The van der Waals surface area contributed by atoms with Crippen molar-refractivity contribution in [1.29, 1.82) is 0 Å². The molecule has 104 valence electrons. The van der Waals surface area contributed by atoms with Gasteiger partial charge in [-0.1, -0.05) is 55.5 Å². The Morgan fingerprint density at radius 2 is 1.11 bits per heavy atom. The van der Waals surface area contributed by atoms with Gasteiger partial charge in [-0.3, -0.25) is 0 Å². The predicted octanol–water partition coefficient (Wildman–Crippen LogP) is 6.49. The van der Waals surface area contributed by atoms with Crippen molar-refractivity contribution in [2.75, 3.05) is 0 Å². The third-order valence-electron chi connectivity index (χ3n) is 2.34. The van der Waals surface area contributed by atoms with Crippen molar-refractivity contribution in [1.82, 2.24) is 0 Å². The van der Waals surface area contributed by atoms with Crippen LogP contribution >= 0.6 is 0 Å². The first-order chi connectivity index (χ1) is 7.99. The van der Waals surface area contributed by atoms with E-state index in [9.17, 15) is 0 Å². The molecule has 0 aliphatic rings. The van der Waals surface area contributed by atoms with Gasteiger partial charge in [0, 0.05) is 0 Å². The van der Waals surface area contributed by atoms with Crippen molar-refractivity contribution in [3.63, 3.8) is 0 Å². The van der Waals surface area contributed by atoms with Gasteiger partial charge in [0.25, 0.3) is 0 Å². The van der Waals surface area contributed by atoms with Gasteiger partial charge in [-0.2, -0.15) is 0 Å². The fourth-order valence-electron chi connectivity index (χ4n) is 0.663. The van der Waals surface area contributed by atoms with Crippen LogP contribution in [0.1, 0.15) is 53.2 Å². The van der Waals surface area contributed by atoms with Crippen LogP contribution in [0.25, 0.3) is 0 Å². The summed E-state index contributed by atoms with van der Waals surface area (Å²) in [5.74, 6) is 0. The third kappa shape index (κ3) is 17.1. The highest BCUT2D eigenvalue weighted by Gasteiger charge is 1.83. The average Bonchev–Trinajstić information content (AvgIpc) is 2.34. The van der Waals surface area contributed by atoms with Crippen molar-refractivity contribution in [3.8, 4) is 0 Å². The van der Waals surface area contributed by atoms with E-state index in [1.807, 2.05) is 32.9 Å². The summed E-state index contributed by atoms with van der Waals surface area (Å²) in [4.78, 5) is 0. The molecule has 0 fully saturated rings. The monoisotopic (exact) mass is 248 g/mol. The van der Waals surface area contributed by atoms with Crippen LogP contribution in [0.15, 0.2) is 48.1 Å². The van der Waals surface area contributed by atoms with Gasteiger partial charge in [-0.25, -0.2) is 0 Å². The molecule has 18 heavy (non-hydrogen) atoms. The van der Waals surface area contributed by atoms with E-state index in [1.165, 1.54) is 16.7 Å². The van der Waals surface area contributed by atoms with Crippen molar-refractivity contribution in [3.05, 3.63) is 59.2 Å². The second-order valence-electron chi connectivity index (χ2n) is 4.12. The first-order valence-electron chi connectivity index (χ1n) is 6.18. The molecule has 0 N–H and O–H groups in total. The second-order valence-corrected chi connectivity index (χ2v) is 4.12. The maximum Gasteiger partial charge on any atom is -0.0395 e. The van der Waals surface area contributed by atoms with Crippen LogP contribution in [0.2, 0.25) is 0 Å². The van der Waals surface area contributed by atoms with E-state index in [4.69, 9.17) is 0 Å². The molecule has 1 aromatic rings. The van der Waals surface area contributed by atoms with Gasteiger partial charge in [0.15, 0.2) is 0 Å². The molecule has 0 heteroatoms. The molecular formula is C18H32. The lowest BCUT2D eigenvalue weighted by atomic mass is 10.1. The molecule has 0 saturated heterocycles. The molecule has 0 spiro atoms.